The number of benzene rings is 9. The minimum Gasteiger partial charge on any atom is -0.454 e. The third-order valence-corrected chi connectivity index (χ3v) is 15.6. The quantitative estimate of drug-likeness (QED) is 0.162. The molecular weight excluding hydrogens is 791 g/mol. The van der Waals surface area contributed by atoms with E-state index in [1.165, 1.54) is 66.6 Å². The topological polar surface area (TPSA) is 32.8 Å². The van der Waals surface area contributed by atoms with Crippen molar-refractivity contribution in [2.24, 2.45) is 0 Å². The highest BCUT2D eigenvalue weighted by molar-refractivity contribution is 7.00. The maximum atomic E-state index is 7.14. The summed E-state index contributed by atoms with van der Waals surface area (Å²) in [6, 6.07) is 65.0. The molecule has 4 aliphatic rings. The average molecular weight is 833 g/mol. The normalized spacial score (nSPS) is 15.5. The molecule has 0 saturated carbocycles. The molecule has 0 saturated heterocycles. The van der Waals surface area contributed by atoms with Crippen LogP contribution in [0.4, 0.5) is 34.1 Å². The van der Waals surface area contributed by atoms with Crippen LogP contribution in [0.5, 0.6) is 0 Å². The van der Waals surface area contributed by atoms with Crippen LogP contribution < -0.4 is 26.2 Å². The Labute approximate surface area is 377 Å². The van der Waals surface area contributed by atoms with E-state index in [1.54, 1.807) is 0 Å². The third-order valence-electron chi connectivity index (χ3n) is 15.6. The standard InChI is InChI=1S/C60H41BN2O2/c1-59(2)42-21-8-5-17-34(42)38-31-39-37-20-15-29-51(57(37)65-53(39)33-44(38)59)62-47-25-12-10-23-45(47)61-46-24-11-13-26-48(46)63(50-28-16-27-49(62)55(50)61)56-54-40(35-18-6-9-22-43(35)60(54,3)4)32-41-36-19-7-14-30-52(36)64-58(41)56/h5-33H,1-4H3. The van der Waals surface area contributed by atoms with Crippen LogP contribution in [-0.2, 0) is 10.8 Å². The van der Waals surface area contributed by atoms with Gasteiger partial charge in [0.05, 0.1) is 11.4 Å². The van der Waals surface area contributed by atoms with Gasteiger partial charge in [0.2, 0.25) is 0 Å². The molecule has 2 aromatic heterocycles. The molecule has 0 radical (unpaired) electrons. The van der Waals surface area contributed by atoms with E-state index < -0.39 is 0 Å². The number of nitrogens with zero attached hydrogens (tertiary/aromatic N) is 2. The first-order valence-corrected chi connectivity index (χ1v) is 22.9. The molecule has 5 heteroatoms. The number of hydrogen-bond acceptors (Lipinski definition) is 4. The van der Waals surface area contributed by atoms with E-state index in [-0.39, 0.29) is 17.5 Å². The molecule has 0 bridgehead atoms. The van der Waals surface area contributed by atoms with Gasteiger partial charge in [0.15, 0.2) is 11.2 Å². The molecular formula is C60H41BN2O2. The summed E-state index contributed by atoms with van der Waals surface area (Å²) in [6.07, 6.45) is 0. The fourth-order valence-electron chi connectivity index (χ4n) is 12.8. The minimum absolute atomic E-state index is 0.00520. The molecule has 4 nitrogen and oxygen atoms in total. The zero-order valence-corrected chi connectivity index (χ0v) is 36.5. The van der Waals surface area contributed by atoms with Crippen LogP contribution in [0, 0.1) is 0 Å². The van der Waals surface area contributed by atoms with Gasteiger partial charge in [-0.3, -0.25) is 0 Å². The molecule has 2 aliphatic carbocycles. The lowest BCUT2D eigenvalue weighted by molar-refractivity contribution is 0.647. The first kappa shape index (κ1) is 35.7. The second-order valence-electron chi connectivity index (χ2n) is 19.5. The van der Waals surface area contributed by atoms with Crippen LogP contribution in [0.1, 0.15) is 49.9 Å². The molecule has 0 unspecified atom stereocenters. The number of furan rings is 2. The fraction of sp³-hybridized carbons (Fsp3) is 0.100. The van der Waals surface area contributed by atoms with Gasteiger partial charge in [-0.15, -0.1) is 0 Å². The van der Waals surface area contributed by atoms with Gasteiger partial charge in [-0.1, -0.05) is 149 Å². The van der Waals surface area contributed by atoms with Crippen molar-refractivity contribution in [3.63, 3.8) is 0 Å². The molecule has 15 rings (SSSR count). The summed E-state index contributed by atoms with van der Waals surface area (Å²) in [5, 5.41) is 4.52. The summed E-state index contributed by atoms with van der Waals surface area (Å²) in [4.78, 5) is 5.03. The van der Waals surface area contributed by atoms with Gasteiger partial charge in [-0.2, -0.15) is 0 Å². The number of fused-ring (bicyclic) bond motifs is 16. The van der Waals surface area contributed by atoms with E-state index in [0.29, 0.717) is 0 Å². The molecule has 0 fully saturated rings. The molecule has 0 N–H and O–H groups in total. The van der Waals surface area contributed by atoms with Gasteiger partial charge in [0.25, 0.3) is 6.71 Å². The lowest BCUT2D eigenvalue weighted by Gasteiger charge is -2.44. The van der Waals surface area contributed by atoms with Crippen LogP contribution in [-0.4, -0.2) is 6.71 Å². The van der Waals surface area contributed by atoms with E-state index in [0.717, 1.165) is 72.3 Å². The molecule has 4 heterocycles. The molecule has 0 amide bonds. The van der Waals surface area contributed by atoms with Crippen molar-refractivity contribution < 1.29 is 8.83 Å². The largest absolute Gasteiger partial charge is 0.454 e. The highest BCUT2D eigenvalue weighted by atomic mass is 16.3. The van der Waals surface area contributed by atoms with Crippen LogP contribution in [0.3, 0.4) is 0 Å². The number of para-hydroxylation sites is 4. The summed E-state index contributed by atoms with van der Waals surface area (Å²) in [5.41, 5.74) is 24.2. The summed E-state index contributed by atoms with van der Waals surface area (Å²) in [7, 11) is 0. The van der Waals surface area contributed by atoms with E-state index in [9.17, 15) is 0 Å². The van der Waals surface area contributed by atoms with E-state index >= 15 is 0 Å². The monoisotopic (exact) mass is 832 g/mol. The Morgan fingerprint density at radius 3 is 1.72 bits per heavy atom. The molecule has 0 spiro atoms. The minimum atomic E-state index is -0.303. The average Bonchev–Trinajstić information content (AvgIpc) is 4.03. The Bertz CT molecular complexity index is 3940. The lowest BCUT2D eigenvalue weighted by atomic mass is 9.33. The Kier molecular flexibility index (Phi) is 6.63. The predicted octanol–water partition coefficient (Wildman–Crippen LogP) is 14.2. The molecule has 65 heavy (non-hydrogen) atoms. The van der Waals surface area contributed by atoms with Gasteiger partial charge < -0.3 is 18.6 Å². The van der Waals surface area contributed by atoms with Crippen molar-refractivity contribution >= 4 is 101 Å². The van der Waals surface area contributed by atoms with Crippen molar-refractivity contribution in [2.45, 2.75) is 38.5 Å². The van der Waals surface area contributed by atoms with E-state index in [1.807, 2.05) is 0 Å². The predicted molar refractivity (Wildman–Crippen MR) is 270 cm³/mol. The summed E-state index contributed by atoms with van der Waals surface area (Å²) < 4.78 is 14.2. The van der Waals surface area contributed by atoms with Crippen LogP contribution in [0.2, 0.25) is 0 Å². The molecule has 306 valence electrons. The fourth-order valence-corrected chi connectivity index (χ4v) is 12.8. The Morgan fingerprint density at radius 2 is 0.938 bits per heavy atom. The number of anilines is 6. The third kappa shape index (κ3) is 4.34. The van der Waals surface area contributed by atoms with Crippen LogP contribution in [0.15, 0.2) is 185 Å². The number of rotatable bonds is 2. The highest BCUT2D eigenvalue weighted by Crippen LogP contribution is 2.59. The smallest absolute Gasteiger partial charge is 0.252 e. The van der Waals surface area contributed by atoms with E-state index in [4.69, 9.17) is 8.83 Å². The van der Waals surface area contributed by atoms with Gasteiger partial charge >= 0.3 is 0 Å². The zero-order valence-electron chi connectivity index (χ0n) is 36.5. The Balaban J connectivity index is 1.02. The SMILES string of the molecule is CC1(C)c2ccccc2-c2cc3c(cc21)oc1c(N2c4ccccc4B4c5ccccc5N(c5c6c(cc7c5oc5ccccc57)-c5ccccc5C6(C)C)c5cccc2c54)cccc13. The van der Waals surface area contributed by atoms with Crippen LogP contribution in [0.25, 0.3) is 66.1 Å². The van der Waals surface area contributed by atoms with Crippen molar-refractivity contribution in [1.29, 1.82) is 0 Å². The first-order chi connectivity index (χ1) is 31.8. The Hall–Kier alpha value is -7.76. The summed E-state index contributed by atoms with van der Waals surface area (Å²) in [5.74, 6) is 0. The van der Waals surface area contributed by atoms with Gasteiger partial charge in [0, 0.05) is 55.1 Å². The van der Waals surface area contributed by atoms with Crippen molar-refractivity contribution in [2.75, 3.05) is 9.80 Å². The highest BCUT2D eigenvalue weighted by Gasteiger charge is 2.47. The summed E-state index contributed by atoms with van der Waals surface area (Å²) in [6.45, 7) is 9.43. The van der Waals surface area contributed by atoms with Crippen molar-refractivity contribution in [1.82, 2.24) is 0 Å². The lowest BCUT2D eigenvalue weighted by Crippen LogP contribution is -2.61. The van der Waals surface area contributed by atoms with Crippen LogP contribution >= 0.6 is 0 Å². The zero-order chi connectivity index (χ0) is 43.1. The Morgan fingerprint density at radius 1 is 0.385 bits per heavy atom. The second kappa shape index (κ2) is 12.1. The van der Waals surface area contributed by atoms with E-state index in [2.05, 4.69) is 213 Å². The summed E-state index contributed by atoms with van der Waals surface area (Å²) >= 11 is 0. The second-order valence-corrected chi connectivity index (χ2v) is 19.5. The van der Waals surface area contributed by atoms with Gasteiger partial charge in [0.1, 0.15) is 11.2 Å². The first-order valence-electron chi connectivity index (χ1n) is 22.9. The van der Waals surface area contributed by atoms with Gasteiger partial charge in [-0.25, -0.2) is 0 Å². The molecule has 0 atom stereocenters. The van der Waals surface area contributed by atoms with Crippen molar-refractivity contribution in [3.05, 3.63) is 198 Å². The molecule has 2 aliphatic heterocycles. The maximum absolute atomic E-state index is 7.14. The van der Waals surface area contributed by atoms with Gasteiger partial charge in [-0.05, 0) is 115 Å². The maximum Gasteiger partial charge on any atom is 0.252 e. The molecule has 11 aromatic rings. The van der Waals surface area contributed by atoms with Crippen molar-refractivity contribution in [3.8, 4) is 22.3 Å². The number of hydrogen-bond donors (Lipinski definition) is 0. The molecule has 9 aromatic carbocycles.